The molecule has 0 aliphatic carbocycles. The molecule has 1 aromatic heterocycles. The van der Waals surface area contributed by atoms with Gasteiger partial charge < -0.3 is 24.1 Å². The van der Waals surface area contributed by atoms with Crippen LogP contribution in [0.2, 0.25) is 0 Å². The lowest BCUT2D eigenvalue weighted by Gasteiger charge is -2.22. The summed E-state index contributed by atoms with van der Waals surface area (Å²) in [5, 5.41) is 2.87. The molecule has 2 unspecified atom stereocenters. The predicted octanol–water partition coefficient (Wildman–Crippen LogP) is 3.88. The Hall–Kier alpha value is -2.23. The fourth-order valence-corrected chi connectivity index (χ4v) is 4.12. The first-order valence-corrected chi connectivity index (χ1v) is 10.0. The molecule has 1 aromatic carbocycles. The zero-order valence-corrected chi connectivity index (χ0v) is 17.7. The Morgan fingerprint density at radius 3 is 2.79 bits per heavy atom. The number of carbonyl (C=O) groups is 1. The third kappa shape index (κ3) is 3.58. The molecule has 2 atom stereocenters. The van der Waals surface area contributed by atoms with Crippen molar-refractivity contribution in [3.8, 4) is 0 Å². The number of anilines is 2. The summed E-state index contributed by atoms with van der Waals surface area (Å²) in [6.07, 6.45) is -1.00. The van der Waals surface area contributed by atoms with Gasteiger partial charge >= 0.3 is 5.97 Å². The third-order valence-corrected chi connectivity index (χ3v) is 5.34. The first-order valence-electron chi connectivity index (χ1n) is 9.22. The van der Waals surface area contributed by atoms with Crippen LogP contribution in [0.1, 0.15) is 42.9 Å². The number of nitrogens with one attached hydrogen (secondary N) is 1. The van der Waals surface area contributed by atoms with Gasteiger partial charge in [-0.15, -0.1) is 0 Å². The van der Waals surface area contributed by atoms with Gasteiger partial charge in [0.05, 0.1) is 30.2 Å². The number of halogens is 2. The first-order chi connectivity index (χ1) is 13.7. The van der Waals surface area contributed by atoms with Crippen LogP contribution in [0.15, 0.2) is 33.5 Å². The molecule has 29 heavy (non-hydrogen) atoms. The highest BCUT2D eigenvalue weighted by Crippen LogP contribution is 2.45. The van der Waals surface area contributed by atoms with Gasteiger partial charge in [-0.25, -0.2) is 9.18 Å². The van der Waals surface area contributed by atoms with Gasteiger partial charge in [0.1, 0.15) is 23.6 Å². The molecule has 3 heterocycles. The summed E-state index contributed by atoms with van der Waals surface area (Å²) in [5.41, 5.74) is 0.470. The Balaban J connectivity index is 1.86. The fraction of sp³-hybridized carbons (Fsp3) is 0.400. The molecule has 4 rings (SSSR count). The minimum atomic E-state index is -0.843. The van der Waals surface area contributed by atoms with Crippen molar-refractivity contribution >= 4 is 33.3 Å². The van der Waals surface area contributed by atoms with E-state index in [-0.39, 0.29) is 35.6 Å². The van der Waals surface area contributed by atoms with Crippen LogP contribution in [-0.2, 0) is 20.8 Å². The minimum absolute atomic E-state index is 0.126. The molecule has 2 aliphatic rings. The maximum absolute atomic E-state index is 14.4. The Bertz CT molecular complexity index is 1050. The zero-order valence-electron chi connectivity index (χ0n) is 16.1. The second kappa shape index (κ2) is 7.23. The lowest BCUT2D eigenvalue weighted by Crippen LogP contribution is -2.29. The SMILES string of the molecule is CCOC(=O)c1c(Nc2ccc(Br)cc2F)cc(=O)n2c1C1OC(C)(C)OC1C2. The number of hydrogen-bond acceptors (Lipinski definition) is 6. The molecule has 0 radical (unpaired) electrons. The number of fused-ring (bicyclic) bond motifs is 3. The van der Waals surface area contributed by atoms with E-state index in [1.165, 1.54) is 22.8 Å². The van der Waals surface area contributed by atoms with Crippen LogP contribution in [0.4, 0.5) is 15.8 Å². The molecule has 2 aromatic rings. The topological polar surface area (TPSA) is 78.8 Å². The largest absolute Gasteiger partial charge is 0.462 e. The van der Waals surface area contributed by atoms with E-state index in [1.54, 1.807) is 26.8 Å². The van der Waals surface area contributed by atoms with Gasteiger partial charge in [-0.2, -0.15) is 0 Å². The number of esters is 1. The number of ether oxygens (including phenoxy) is 3. The molecule has 0 saturated carbocycles. The predicted molar refractivity (Wildman–Crippen MR) is 107 cm³/mol. The average Bonchev–Trinajstić information content (AvgIpc) is 3.10. The van der Waals surface area contributed by atoms with Crippen LogP contribution in [0.5, 0.6) is 0 Å². The molecule has 2 aliphatic heterocycles. The standard InChI is InChI=1S/C20H20BrFN2O5/c1-4-27-19(26)16-13(23-12-6-5-10(21)7-11(12)22)8-15(25)24-9-14-18(17(16)24)29-20(2,3)28-14/h5-8,14,18,23H,4,9H2,1-3H3. The Kier molecular flexibility index (Phi) is 5.00. The van der Waals surface area contributed by atoms with Crippen LogP contribution in [0, 0.1) is 5.82 Å². The van der Waals surface area contributed by atoms with E-state index in [2.05, 4.69) is 21.2 Å². The van der Waals surface area contributed by atoms with Crippen molar-refractivity contribution in [1.82, 2.24) is 4.57 Å². The van der Waals surface area contributed by atoms with Crippen molar-refractivity contribution in [3.63, 3.8) is 0 Å². The van der Waals surface area contributed by atoms with Crippen LogP contribution in [0.3, 0.4) is 0 Å². The van der Waals surface area contributed by atoms with E-state index in [0.717, 1.165) is 0 Å². The van der Waals surface area contributed by atoms with Gasteiger partial charge in [0, 0.05) is 10.5 Å². The summed E-state index contributed by atoms with van der Waals surface area (Å²) in [6, 6.07) is 5.73. The van der Waals surface area contributed by atoms with E-state index in [9.17, 15) is 14.0 Å². The molecule has 0 bridgehead atoms. The summed E-state index contributed by atoms with van der Waals surface area (Å²) in [5.74, 6) is -2.00. The Morgan fingerprint density at radius 1 is 1.34 bits per heavy atom. The highest BCUT2D eigenvalue weighted by atomic mass is 79.9. The van der Waals surface area contributed by atoms with Crippen LogP contribution in [0.25, 0.3) is 0 Å². The number of hydrogen-bond donors (Lipinski definition) is 1. The van der Waals surface area contributed by atoms with Crippen molar-refractivity contribution in [2.24, 2.45) is 0 Å². The summed E-state index contributed by atoms with van der Waals surface area (Å²) in [7, 11) is 0. The third-order valence-electron chi connectivity index (χ3n) is 4.85. The quantitative estimate of drug-likeness (QED) is 0.688. The van der Waals surface area contributed by atoms with E-state index < -0.39 is 29.8 Å². The maximum atomic E-state index is 14.4. The van der Waals surface area contributed by atoms with E-state index in [1.807, 2.05) is 0 Å². The molecule has 7 nitrogen and oxygen atoms in total. The van der Waals surface area contributed by atoms with Gasteiger partial charge in [-0.3, -0.25) is 4.79 Å². The van der Waals surface area contributed by atoms with E-state index >= 15 is 0 Å². The van der Waals surface area contributed by atoms with Crippen LogP contribution >= 0.6 is 15.9 Å². The van der Waals surface area contributed by atoms with Gasteiger partial charge in [0.15, 0.2) is 5.79 Å². The number of rotatable bonds is 4. The fourth-order valence-electron chi connectivity index (χ4n) is 3.78. The van der Waals surface area contributed by atoms with Crippen LogP contribution in [-0.4, -0.2) is 29.0 Å². The number of nitrogens with zero attached hydrogens (tertiary/aromatic N) is 1. The smallest absolute Gasteiger partial charge is 0.342 e. The lowest BCUT2D eigenvalue weighted by molar-refractivity contribution is -0.151. The molecular weight excluding hydrogens is 447 g/mol. The number of benzene rings is 1. The van der Waals surface area contributed by atoms with E-state index in [0.29, 0.717) is 10.2 Å². The Labute approximate surface area is 174 Å². The van der Waals surface area contributed by atoms with Gasteiger partial charge in [-0.05, 0) is 39.0 Å². The number of pyridine rings is 1. The van der Waals surface area contributed by atoms with Gasteiger partial charge in [0.25, 0.3) is 5.56 Å². The van der Waals surface area contributed by atoms with Crippen LogP contribution < -0.4 is 10.9 Å². The molecule has 1 N–H and O–H groups in total. The Morgan fingerprint density at radius 2 is 2.10 bits per heavy atom. The van der Waals surface area contributed by atoms with Crippen molar-refractivity contribution in [2.75, 3.05) is 11.9 Å². The average molecular weight is 467 g/mol. The molecule has 154 valence electrons. The molecular formula is C20H20BrFN2O5. The van der Waals surface area contributed by atoms with Gasteiger partial charge in [0.2, 0.25) is 0 Å². The molecule has 0 spiro atoms. The summed E-state index contributed by atoms with van der Waals surface area (Å²) >= 11 is 3.21. The van der Waals surface area contributed by atoms with Crippen molar-refractivity contribution in [3.05, 3.63) is 56.2 Å². The molecule has 1 saturated heterocycles. The first kappa shape index (κ1) is 20.1. The highest BCUT2D eigenvalue weighted by Gasteiger charge is 2.49. The maximum Gasteiger partial charge on any atom is 0.342 e. The van der Waals surface area contributed by atoms with Crippen molar-refractivity contribution in [1.29, 1.82) is 0 Å². The summed E-state index contributed by atoms with van der Waals surface area (Å²) in [4.78, 5) is 25.6. The highest BCUT2D eigenvalue weighted by molar-refractivity contribution is 9.10. The second-order valence-electron chi connectivity index (χ2n) is 7.33. The molecule has 1 fully saturated rings. The van der Waals surface area contributed by atoms with Crippen molar-refractivity contribution in [2.45, 2.75) is 45.3 Å². The second-order valence-corrected chi connectivity index (χ2v) is 8.25. The van der Waals surface area contributed by atoms with Gasteiger partial charge in [-0.1, -0.05) is 15.9 Å². The zero-order chi connectivity index (χ0) is 20.9. The van der Waals surface area contributed by atoms with E-state index in [4.69, 9.17) is 14.2 Å². The number of aromatic nitrogens is 1. The van der Waals surface area contributed by atoms with Crippen molar-refractivity contribution < 1.29 is 23.4 Å². The molecule has 9 heteroatoms. The number of carbonyl (C=O) groups excluding carboxylic acids is 1. The normalized spacial score (nSPS) is 21.6. The lowest BCUT2D eigenvalue weighted by atomic mass is 10.1. The summed E-state index contributed by atoms with van der Waals surface area (Å²) in [6.45, 7) is 5.66. The monoisotopic (exact) mass is 466 g/mol. The molecule has 0 amide bonds. The minimum Gasteiger partial charge on any atom is -0.462 e. The summed E-state index contributed by atoms with van der Waals surface area (Å²) < 4.78 is 33.5.